The van der Waals surface area contributed by atoms with Crippen LogP contribution in [0.2, 0.25) is 0 Å². The van der Waals surface area contributed by atoms with Crippen LogP contribution in [0, 0.1) is 5.92 Å². The van der Waals surface area contributed by atoms with Crippen molar-refractivity contribution in [2.45, 2.75) is 12.8 Å². The number of aromatic nitrogens is 2. The first-order valence-electron chi connectivity index (χ1n) is 9.58. The minimum atomic E-state index is -0.596. The average molecular weight is 403 g/mol. The van der Waals surface area contributed by atoms with E-state index >= 15 is 0 Å². The maximum atomic E-state index is 12.9. The smallest absolute Gasteiger partial charge is 0.269 e. The van der Waals surface area contributed by atoms with E-state index in [1.807, 2.05) is 6.07 Å². The van der Waals surface area contributed by atoms with Gasteiger partial charge in [-0.3, -0.25) is 14.4 Å². The Hall–Kier alpha value is -3.94. The van der Waals surface area contributed by atoms with Crippen molar-refractivity contribution in [2.24, 2.45) is 11.7 Å². The molecule has 0 atom stereocenters. The van der Waals surface area contributed by atoms with E-state index in [1.54, 1.807) is 60.6 Å². The Morgan fingerprint density at radius 1 is 1.07 bits per heavy atom. The molecule has 152 valence electrons. The van der Waals surface area contributed by atoms with Crippen LogP contribution in [-0.2, 0) is 4.79 Å². The first kappa shape index (κ1) is 19.4. The molecule has 0 saturated heterocycles. The van der Waals surface area contributed by atoms with Crippen LogP contribution in [-0.4, -0.2) is 34.5 Å². The van der Waals surface area contributed by atoms with Crippen LogP contribution in [0.5, 0.6) is 0 Å². The fourth-order valence-electron chi connectivity index (χ4n) is 3.18. The Labute approximate surface area is 173 Å². The number of nitrogens with zero attached hydrogens (tertiary/aromatic N) is 3. The van der Waals surface area contributed by atoms with Gasteiger partial charge in [0, 0.05) is 24.8 Å². The van der Waals surface area contributed by atoms with Gasteiger partial charge in [0.25, 0.3) is 11.8 Å². The normalized spacial score (nSPS) is 13.0. The molecule has 30 heavy (non-hydrogen) atoms. The third kappa shape index (κ3) is 3.93. The van der Waals surface area contributed by atoms with Gasteiger partial charge in [0.05, 0.1) is 16.9 Å². The zero-order valence-corrected chi connectivity index (χ0v) is 16.4. The molecular weight excluding hydrogens is 382 g/mol. The number of rotatable bonds is 6. The number of anilines is 2. The molecular formula is C22H21N5O3. The fourth-order valence-corrected chi connectivity index (χ4v) is 3.18. The maximum absolute atomic E-state index is 12.9. The number of carbonyl (C=O) groups excluding carboxylic acids is 3. The minimum Gasteiger partial charge on any atom is -0.364 e. The monoisotopic (exact) mass is 403 g/mol. The van der Waals surface area contributed by atoms with Crippen molar-refractivity contribution in [3.63, 3.8) is 0 Å². The van der Waals surface area contributed by atoms with Crippen LogP contribution >= 0.6 is 0 Å². The second-order valence-corrected chi connectivity index (χ2v) is 7.20. The number of benzene rings is 2. The minimum absolute atomic E-state index is 0.0363. The molecule has 1 heterocycles. The summed E-state index contributed by atoms with van der Waals surface area (Å²) >= 11 is 0. The zero-order chi connectivity index (χ0) is 21.3. The highest BCUT2D eigenvalue weighted by atomic mass is 16.2. The van der Waals surface area contributed by atoms with Crippen LogP contribution in [0.15, 0.2) is 60.8 Å². The van der Waals surface area contributed by atoms with Gasteiger partial charge in [0.15, 0.2) is 0 Å². The van der Waals surface area contributed by atoms with E-state index in [4.69, 9.17) is 5.73 Å². The molecule has 1 aromatic heterocycles. The zero-order valence-electron chi connectivity index (χ0n) is 16.4. The van der Waals surface area contributed by atoms with Gasteiger partial charge in [-0.1, -0.05) is 12.1 Å². The molecule has 3 amide bonds. The van der Waals surface area contributed by atoms with Crippen molar-refractivity contribution in [2.75, 3.05) is 17.3 Å². The van der Waals surface area contributed by atoms with Gasteiger partial charge in [-0.05, 0) is 55.3 Å². The molecule has 3 N–H and O–H groups in total. The van der Waals surface area contributed by atoms with E-state index in [2.05, 4.69) is 10.4 Å². The van der Waals surface area contributed by atoms with Gasteiger partial charge < -0.3 is 16.0 Å². The van der Waals surface area contributed by atoms with Gasteiger partial charge >= 0.3 is 0 Å². The van der Waals surface area contributed by atoms with Gasteiger partial charge in [-0.25, -0.2) is 4.68 Å². The van der Waals surface area contributed by atoms with Crippen LogP contribution < -0.4 is 16.0 Å². The highest BCUT2D eigenvalue weighted by Crippen LogP contribution is 2.33. The fraction of sp³-hybridized carbons (Fsp3) is 0.182. The van der Waals surface area contributed by atoms with Gasteiger partial charge in [0.2, 0.25) is 5.91 Å². The second kappa shape index (κ2) is 7.82. The molecule has 0 aliphatic heterocycles. The summed E-state index contributed by atoms with van der Waals surface area (Å²) in [5, 5.41) is 6.96. The van der Waals surface area contributed by atoms with E-state index in [1.165, 1.54) is 10.7 Å². The quantitative estimate of drug-likeness (QED) is 0.659. The van der Waals surface area contributed by atoms with Crippen LogP contribution in [0.25, 0.3) is 5.69 Å². The summed E-state index contributed by atoms with van der Waals surface area (Å²) < 4.78 is 1.53. The number of hydrogen-bond acceptors (Lipinski definition) is 4. The van der Waals surface area contributed by atoms with Crippen molar-refractivity contribution < 1.29 is 14.4 Å². The maximum Gasteiger partial charge on any atom is 0.269 e. The van der Waals surface area contributed by atoms with Crippen LogP contribution in [0.4, 0.5) is 11.4 Å². The molecule has 1 aliphatic rings. The number of para-hydroxylation sites is 1. The van der Waals surface area contributed by atoms with Crippen molar-refractivity contribution in [1.29, 1.82) is 0 Å². The number of carbonyl (C=O) groups is 3. The predicted octanol–water partition coefficient (Wildman–Crippen LogP) is 2.60. The Morgan fingerprint density at radius 2 is 1.77 bits per heavy atom. The van der Waals surface area contributed by atoms with E-state index < -0.39 is 5.91 Å². The second-order valence-electron chi connectivity index (χ2n) is 7.20. The largest absolute Gasteiger partial charge is 0.364 e. The van der Waals surface area contributed by atoms with E-state index in [9.17, 15) is 14.4 Å². The molecule has 0 bridgehead atoms. The number of nitrogens with one attached hydrogen (secondary N) is 1. The highest BCUT2D eigenvalue weighted by Gasteiger charge is 2.33. The Morgan fingerprint density at radius 3 is 2.40 bits per heavy atom. The van der Waals surface area contributed by atoms with Crippen molar-refractivity contribution in [3.05, 3.63) is 72.1 Å². The number of hydrogen-bond donors (Lipinski definition) is 2. The summed E-state index contributed by atoms with van der Waals surface area (Å²) in [5.74, 6) is -0.796. The molecule has 8 nitrogen and oxygen atoms in total. The molecule has 0 unspecified atom stereocenters. The van der Waals surface area contributed by atoms with E-state index in [0.717, 1.165) is 18.5 Å². The highest BCUT2D eigenvalue weighted by molar-refractivity contribution is 6.11. The SMILES string of the molecule is CN(C(=O)C1CC1)c1ccccc1C(=O)Nc1ccc(-n2ccc(C(N)=O)n2)cc1. The third-order valence-corrected chi connectivity index (χ3v) is 5.00. The molecule has 2 aromatic carbocycles. The van der Waals surface area contributed by atoms with Gasteiger partial charge in [-0.2, -0.15) is 5.10 Å². The van der Waals surface area contributed by atoms with Crippen molar-refractivity contribution in [3.8, 4) is 5.69 Å². The summed E-state index contributed by atoms with van der Waals surface area (Å²) in [4.78, 5) is 38.0. The summed E-state index contributed by atoms with van der Waals surface area (Å²) in [6, 6.07) is 15.6. The molecule has 8 heteroatoms. The number of nitrogens with two attached hydrogens (primary N) is 1. The third-order valence-electron chi connectivity index (χ3n) is 5.00. The van der Waals surface area contributed by atoms with Gasteiger partial charge in [0.1, 0.15) is 5.69 Å². The Balaban J connectivity index is 1.50. The summed E-state index contributed by atoms with van der Waals surface area (Å²) in [7, 11) is 1.70. The topological polar surface area (TPSA) is 110 Å². The molecule has 3 aromatic rings. The summed E-state index contributed by atoms with van der Waals surface area (Å²) in [6.07, 6.45) is 3.44. The molecule has 1 saturated carbocycles. The lowest BCUT2D eigenvalue weighted by molar-refractivity contribution is -0.119. The molecule has 1 fully saturated rings. The lowest BCUT2D eigenvalue weighted by Crippen LogP contribution is -2.29. The van der Waals surface area contributed by atoms with Crippen LogP contribution in [0.3, 0.4) is 0 Å². The molecule has 0 radical (unpaired) electrons. The van der Waals surface area contributed by atoms with E-state index in [-0.39, 0.29) is 23.4 Å². The van der Waals surface area contributed by atoms with Gasteiger partial charge in [-0.15, -0.1) is 0 Å². The van der Waals surface area contributed by atoms with Crippen LogP contribution in [0.1, 0.15) is 33.7 Å². The molecule has 0 spiro atoms. The van der Waals surface area contributed by atoms with Crippen molar-refractivity contribution >= 4 is 29.1 Å². The van der Waals surface area contributed by atoms with Crippen molar-refractivity contribution in [1.82, 2.24) is 9.78 Å². The standard InChI is InChI=1S/C22H21N5O3/c1-26(22(30)14-6-7-14)19-5-3-2-4-17(19)21(29)24-15-8-10-16(11-9-15)27-13-12-18(25-27)20(23)28/h2-5,8-14H,6-7H2,1H3,(H2,23,28)(H,24,29). The summed E-state index contributed by atoms with van der Waals surface area (Å²) in [6.45, 7) is 0. The number of primary amides is 1. The molecule has 4 rings (SSSR count). The Bertz CT molecular complexity index is 1120. The Kier molecular flexibility index (Phi) is 5.05. The average Bonchev–Trinajstić information content (AvgIpc) is 3.49. The summed E-state index contributed by atoms with van der Waals surface area (Å²) in [5.41, 5.74) is 7.72. The predicted molar refractivity (Wildman–Crippen MR) is 113 cm³/mol. The first-order valence-corrected chi connectivity index (χ1v) is 9.58. The first-order chi connectivity index (χ1) is 14.4. The lowest BCUT2D eigenvalue weighted by atomic mass is 10.1. The lowest BCUT2D eigenvalue weighted by Gasteiger charge is -2.20. The molecule has 1 aliphatic carbocycles. The number of amides is 3. The van der Waals surface area contributed by atoms with E-state index in [0.29, 0.717) is 16.9 Å².